The van der Waals surface area contributed by atoms with Crippen molar-refractivity contribution in [2.75, 3.05) is 25.5 Å². The molecule has 6 nitrogen and oxygen atoms in total. The molecule has 29 heavy (non-hydrogen) atoms. The number of phenolic OH excluding ortho intramolecular Hbond substituents is 1. The summed E-state index contributed by atoms with van der Waals surface area (Å²) >= 11 is 0. The summed E-state index contributed by atoms with van der Waals surface area (Å²) in [5.41, 5.74) is 0.136. The molecule has 0 saturated carbocycles. The van der Waals surface area contributed by atoms with E-state index in [1.807, 2.05) is 7.05 Å². The lowest BCUT2D eigenvalue weighted by atomic mass is 9.99. The van der Waals surface area contributed by atoms with Gasteiger partial charge < -0.3 is 20.4 Å². The summed E-state index contributed by atoms with van der Waals surface area (Å²) in [4.78, 5) is 2.20. The van der Waals surface area contributed by atoms with E-state index in [1.165, 1.54) is 13.0 Å². The van der Waals surface area contributed by atoms with E-state index >= 15 is 0 Å². The highest BCUT2D eigenvalue weighted by molar-refractivity contribution is 5.85. The van der Waals surface area contributed by atoms with Gasteiger partial charge in [0.15, 0.2) is 5.82 Å². The Bertz CT molecular complexity index is 841. The molecule has 3 N–H and O–H groups in total. The number of aliphatic hydroxyl groups is 1. The van der Waals surface area contributed by atoms with Crippen LogP contribution in [0.3, 0.4) is 0 Å². The van der Waals surface area contributed by atoms with Crippen molar-refractivity contribution in [3.8, 4) is 17.0 Å². The molecule has 2 aromatic rings. The molecule has 0 aliphatic carbocycles. The molecule has 0 spiro atoms. The first-order valence-electron chi connectivity index (χ1n) is 9.02. The molecule has 1 unspecified atom stereocenters. The van der Waals surface area contributed by atoms with Crippen LogP contribution in [-0.4, -0.2) is 51.5 Å². The molecule has 0 bridgehead atoms. The zero-order valence-corrected chi connectivity index (χ0v) is 16.9. The highest BCUT2D eigenvalue weighted by atomic mass is 35.5. The molecule has 0 amide bonds. The number of nitrogens with zero attached hydrogens (tertiary/aromatic N) is 3. The lowest BCUT2D eigenvalue weighted by molar-refractivity contribution is -0.137. The lowest BCUT2D eigenvalue weighted by Gasteiger charge is -2.30. The number of likely N-dealkylation sites (N-methyl/N-ethyl adjacent to an activating group) is 1. The number of aromatic nitrogens is 2. The van der Waals surface area contributed by atoms with Gasteiger partial charge in [-0.2, -0.15) is 13.2 Å². The van der Waals surface area contributed by atoms with Crippen LogP contribution in [0, 0.1) is 6.92 Å². The lowest BCUT2D eigenvalue weighted by Crippen LogP contribution is -2.40. The number of nitrogens with one attached hydrogen (secondary N) is 1. The molecule has 1 aliphatic rings. The molecule has 1 aliphatic heterocycles. The van der Waals surface area contributed by atoms with Crippen molar-refractivity contribution in [3.63, 3.8) is 0 Å². The number of likely N-dealkylation sites (tertiary alicyclic amines) is 1. The number of alkyl halides is 3. The Labute approximate surface area is 173 Å². The second-order valence-corrected chi connectivity index (χ2v) is 7.19. The van der Waals surface area contributed by atoms with Crippen LogP contribution in [0.1, 0.15) is 29.5 Å². The summed E-state index contributed by atoms with van der Waals surface area (Å²) in [6.45, 7) is 3.03. The number of anilines is 1. The molecule has 2 heterocycles. The van der Waals surface area contributed by atoms with Crippen LogP contribution >= 0.6 is 12.4 Å². The predicted molar refractivity (Wildman–Crippen MR) is 106 cm³/mol. The van der Waals surface area contributed by atoms with Crippen molar-refractivity contribution in [2.24, 2.45) is 0 Å². The van der Waals surface area contributed by atoms with E-state index in [2.05, 4.69) is 20.4 Å². The Morgan fingerprint density at radius 1 is 1.24 bits per heavy atom. The number of rotatable bonds is 4. The normalized spacial score (nSPS) is 17.7. The largest absolute Gasteiger partial charge is 0.507 e. The van der Waals surface area contributed by atoms with Crippen LogP contribution < -0.4 is 5.32 Å². The molecule has 160 valence electrons. The van der Waals surface area contributed by atoms with Gasteiger partial charge in [0, 0.05) is 23.7 Å². The van der Waals surface area contributed by atoms with Gasteiger partial charge in [0.25, 0.3) is 0 Å². The Balaban J connectivity index is 0.00000300. The van der Waals surface area contributed by atoms with Crippen molar-refractivity contribution >= 4 is 18.2 Å². The van der Waals surface area contributed by atoms with E-state index in [4.69, 9.17) is 0 Å². The minimum Gasteiger partial charge on any atom is -0.507 e. The number of aryl methyl sites for hydroxylation is 1. The first-order chi connectivity index (χ1) is 13.2. The van der Waals surface area contributed by atoms with Crippen LogP contribution in [0.5, 0.6) is 5.75 Å². The van der Waals surface area contributed by atoms with Crippen molar-refractivity contribution in [1.82, 2.24) is 15.1 Å². The van der Waals surface area contributed by atoms with E-state index < -0.39 is 17.5 Å². The van der Waals surface area contributed by atoms with Crippen LogP contribution in [-0.2, 0) is 12.8 Å². The second kappa shape index (κ2) is 9.15. The fourth-order valence-electron chi connectivity index (χ4n) is 3.54. The molecule has 10 heteroatoms. The molecule has 1 aromatic heterocycles. The average Bonchev–Trinajstić information content (AvgIpc) is 2.61. The molecular weight excluding hydrogens is 409 g/mol. The topological polar surface area (TPSA) is 81.5 Å². The molecular formula is C19H24ClF3N4O2. The SMILES string of the molecule is Cc1cc(C(F)(F)F)cc(O)c1-c1cc(CO)c(NC2CCCN(C)C2)nn1.Cl. The minimum absolute atomic E-state index is 0. The Kier molecular flexibility index (Phi) is 7.31. The number of aromatic hydroxyl groups is 1. The molecule has 0 radical (unpaired) electrons. The maximum atomic E-state index is 12.9. The minimum atomic E-state index is -4.55. The maximum Gasteiger partial charge on any atom is 0.416 e. The van der Waals surface area contributed by atoms with Crippen LogP contribution in [0.2, 0.25) is 0 Å². The molecule has 1 saturated heterocycles. The average molecular weight is 433 g/mol. The number of aliphatic hydroxyl groups excluding tert-OH is 1. The number of phenols is 1. The summed E-state index contributed by atoms with van der Waals surface area (Å²) in [6.07, 6.45) is -2.53. The van der Waals surface area contributed by atoms with Gasteiger partial charge in [0.05, 0.1) is 17.9 Å². The van der Waals surface area contributed by atoms with Crippen molar-refractivity contribution in [3.05, 3.63) is 34.9 Å². The monoisotopic (exact) mass is 432 g/mol. The van der Waals surface area contributed by atoms with E-state index in [0.29, 0.717) is 17.4 Å². The first-order valence-corrected chi connectivity index (χ1v) is 9.02. The van der Waals surface area contributed by atoms with Gasteiger partial charge in [-0.15, -0.1) is 22.6 Å². The summed E-state index contributed by atoms with van der Waals surface area (Å²) in [5, 5.41) is 31.4. The Hall–Kier alpha value is -2.10. The fourth-order valence-corrected chi connectivity index (χ4v) is 3.54. The smallest absolute Gasteiger partial charge is 0.416 e. The number of piperidine rings is 1. The Morgan fingerprint density at radius 3 is 2.55 bits per heavy atom. The third kappa shape index (κ3) is 5.29. The number of hydrogen-bond acceptors (Lipinski definition) is 6. The maximum absolute atomic E-state index is 12.9. The van der Waals surface area contributed by atoms with Gasteiger partial charge in [-0.05, 0) is 57.1 Å². The van der Waals surface area contributed by atoms with Crippen molar-refractivity contribution < 1.29 is 23.4 Å². The highest BCUT2D eigenvalue weighted by Gasteiger charge is 2.32. The predicted octanol–water partition coefficient (Wildman–Crippen LogP) is 3.60. The summed E-state index contributed by atoms with van der Waals surface area (Å²) in [6, 6.07) is 3.34. The summed E-state index contributed by atoms with van der Waals surface area (Å²) < 4.78 is 38.8. The van der Waals surface area contributed by atoms with Gasteiger partial charge in [0.2, 0.25) is 0 Å². The van der Waals surface area contributed by atoms with Crippen LogP contribution in [0.4, 0.5) is 19.0 Å². The van der Waals surface area contributed by atoms with Crippen LogP contribution in [0.25, 0.3) is 11.3 Å². The van der Waals surface area contributed by atoms with E-state index in [1.54, 1.807) is 0 Å². The first kappa shape index (κ1) is 23.2. The van der Waals surface area contributed by atoms with Crippen molar-refractivity contribution in [1.29, 1.82) is 0 Å². The van der Waals surface area contributed by atoms with E-state index in [9.17, 15) is 23.4 Å². The summed E-state index contributed by atoms with van der Waals surface area (Å²) in [5.74, 6) is -0.0873. The zero-order valence-electron chi connectivity index (χ0n) is 16.1. The Morgan fingerprint density at radius 2 is 1.97 bits per heavy atom. The number of benzene rings is 1. The van der Waals surface area contributed by atoms with Gasteiger partial charge in [0.1, 0.15) is 5.75 Å². The fraction of sp³-hybridized carbons (Fsp3) is 0.474. The quantitative estimate of drug-likeness (QED) is 0.685. The standard InChI is InChI=1S/C19H23F3N4O2.ClH/c1-11-6-13(19(20,21)22)8-16(28)17(11)15-7-12(10-27)18(25-24-15)23-14-4-3-5-26(2)9-14;/h6-8,14,27-28H,3-5,9-10H2,1-2H3,(H,23,25);1H. The van der Waals surface area contributed by atoms with Crippen LogP contribution in [0.15, 0.2) is 18.2 Å². The van der Waals surface area contributed by atoms with Gasteiger partial charge >= 0.3 is 6.18 Å². The molecule has 1 aromatic carbocycles. The van der Waals surface area contributed by atoms with Gasteiger partial charge in [-0.1, -0.05) is 0 Å². The number of halogens is 4. The van der Waals surface area contributed by atoms with Crippen molar-refractivity contribution in [2.45, 2.75) is 38.6 Å². The second-order valence-electron chi connectivity index (χ2n) is 7.19. The third-order valence-corrected chi connectivity index (χ3v) is 4.91. The molecule has 1 fully saturated rings. The third-order valence-electron chi connectivity index (χ3n) is 4.91. The highest BCUT2D eigenvalue weighted by Crippen LogP contribution is 2.38. The molecule has 1 atom stereocenters. The number of hydrogen-bond donors (Lipinski definition) is 3. The van der Waals surface area contributed by atoms with Gasteiger partial charge in [-0.25, -0.2) is 0 Å². The summed E-state index contributed by atoms with van der Waals surface area (Å²) in [7, 11) is 2.03. The van der Waals surface area contributed by atoms with E-state index in [-0.39, 0.29) is 41.9 Å². The zero-order chi connectivity index (χ0) is 20.5. The van der Waals surface area contributed by atoms with Gasteiger partial charge in [-0.3, -0.25) is 0 Å². The molecule has 3 rings (SSSR count). The van der Waals surface area contributed by atoms with E-state index in [0.717, 1.165) is 32.0 Å².